The summed E-state index contributed by atoms with van der Waals surface area (Å²) in [6.45, 7) is 6.58. The lowest BCUT2D eigenvalue weighted by Gasteiger charge is -2.27. The number of rotatable bonds is 4. The van der Waals surface area contributed by atoms with Crippen molar-refractivity contribution in [3.05, 3.63) is 52.7 Å². The SMILES string of the molecule is CCCC(C)(C)Nc1ccc2c(=O)c3ccccc3[nH]c2c1. The van der Waals surface area contributed by atoms with Gasteiger partial charge >= 0.3 is 0 Å². The molecule has 0 aliphatic rings. The predicted octanol–water partition coefficient (Wildman–Crippen LogP) is 4.67. The molecule has 0 fully saturated rings. The monoisotopic (exact) mass is 294 g/mol. The van der Waals surface area contributed by atoms with Gasteiger partial charge in [0, 0.05) is 27.5 Å². The van der Waals surface area contributed by atoms with Crippen LogP contribution in [0.2, 0.25) is 0 Å². The van der Waals surface area contributed by atoms with Gasteiger partial charge in [-0.3, -0.25) is 4.79 Å². The van der Waals surface area contributed by atoms with E-state index in [2.05, 4.69) is 31.1 Å². The van der Waals surface area contributed by atoms with E-state index >= 15 is 0 Å². The van der Waals surface area contributed by atoms with Crippen molar-refractivity contribution in [3.63, 3.8) is 0 Å². The van der Waals surface area contributed by atoms with Gasteiger partial charge in [-0.2, -0.15) is 0 Å². The molecule has 3 heteroatoms. The molecule has 0 saturated heterocycles. The van der Waals surface area contributed by atoms with Crippen LogP contribution in [0.1, 0.15) is 33.6 Å². The highest BCUT2D eigenvalue weighted by molar-refractivity contribution is 5.93. The minimum Gasteiger partial charge on any atom is -0.380 e. The number of anilines is 1. The van der Waals surface area contributed by atoms with Crippen LogP contribution < -0.4 is 10.7 Å². The van der Waals surface area contributed by atoms with Gasteiger partial charge in [0.05, 0.1) is 5.52 Å². The van der Waals surface area contributed by atoms with Crippen molar-refractivity contribution < 1.29 is 0 Å². The molecular weight excluding hydrogens is 272 g/mol. The summed E-state index contributed by atoms with van der Waals surface area (Å²) in [4.78, 5) is 15.9. The number of pyridine rings is 1. The van der Waals surface area contributed by atoms with Gasteiger partial charge in [0.1, 0.15) is 0 Å². The Hall–Kier alpha value is -2.29. The first-order chi connectivity index (χ1) is 10.5. The molecule has 3 nitrogen and oxygen atoms in total. The van der Waals surface area contributed by atoms with Crippen LogP contribution in [0.4, 0.5) is 5.69 Å². The Kier molecular flexibility index (Phi) is 3.65. The molecule has 2 aromatic carbocycles. The number of hydrogen-bond acceptors (Lipinski definition) is 2. The number of nitrogens with one attached hydrogen (secondary N) is 2. The van der Waals surface area contributed by atoms with Crippen LogP contribution in [0.15, 0.2) is 47.3 Å². The van der Waals surface area contributed by atoms with E-state index in [1.54, 1.807) is 0 Å². The van der Waals surface area contributed by atoms with Gasteiger partial charge in [-0.1, -0.05) is 25.5 Å². The smallest absolute Gasteiger partial charge is 0.197 e. The number of benzene rings is 2. The summed E-state index contributed by atoms with van der Waals surface area (Å²) in [5.41, 5.74) is 2.92. The van der Waals surface area contributed by atoms with E-state index in [1.807, 2.05) is 42.5 Å². The molecule has 0 unspecified atom stereocenters. The molecule has 1 aromatic heterocycles. The van der Waals surface area contributed by atoms with Crippen molar-refractivity contribution in [1.82, 2.24) is 4.98 Å². The maximum Gasteiger partial charge on any atom is 0.197 e. The summed E-state index contributed by atoms with van der Waals surface area (Å²) < 4.78 is 0. The lowest BCUT2D eigenvalue weighted by Crippen LogP contribution is -2.30. The Labute approximate surface area is 130 Å². The van der Waals surface area contributed by atoms with E-state index in [-0.39, 0.29) is 11.0 Å². The van der Waals surface area contributed by atoms with Gasteiger partial charge in [0.25, 0.3) is 0 Å². The maximum absolute atomic E-state index is 12.5. The molecule has 0 amide bonds. The second-order valence-electron chi connectivity index (χ2n) is 6.52. The summed E-state index contributed by atoms with van der Waals surface area (Å²) in [5, 5.41) is 5.03. The third-order valence-corrected chi connectivity index (χ3v) is 4.06. The van der Waals surface area contributed by atoms with Crippen LogP contribution in [-0.2, 0) is 0 Å². The number of aromatic nitrogens is 1. The maximum atomic E-state index is 12.5. The van der Waals surface area contributed by atoms with Gasteiger partial charge in [-0.15, -0.1) is 0 Å². The zero-order chi connectivity index (χ0) is 15.7. The Morgan fingerprint density at radius 1 is 1.05 bits per heavy atom. The first-order valence-corrected chi connectivity index (χ1v) is 7.83. The van der Waals surface area contributed by atoms with Crippen LogP contribution in [0.3, 0.4) is 0 Å². The predicted molar refractivity (Wildman–Crippen MR) is 94.7 cm³/mol. The first kappa shape index (κ1) is 14.6. The van der Waals surface area contributed by atoms with Gasteiger partial charge in [-0.05, 0) is 50.6 Å². The van der Waals surface area contributed by atoms with Gasteiger partial charge in [-0.25, -0.2) is 0 Å². The highest BCUT2D eigenvalue weighted by Gasteiger charge is 2.16. The van der Waals surface area contributed by atoms with Crippen molar-refractivity contribution >= 4 is 27.5 Å². The molecule has 0 aliphatic heterocycles. The van der Waals surface area contributed by atoms with Crippen LogP contribution in [0, 0.1) is 0 Å². The molecule has 0 radical (unpaired) electrons. The second kappa shape index (κ2) is 5.48. The second-order valence-corrected chi connectivity index (χ2v) is 6.52. The number of aromatic amines is 1. The topological polar surface area (TPSA) is 44.9 Å². The van der Waals surface area contributed by atoms with Gasteiger partial charge < -0.3 is 10.3 Å². The van der Waals surface area contributed by atoms with E-state index in [1.165, 1.54) is 0 Å². The Balaban J connectivity index is 2.10. The van der Waals surface area contributed by atoms with Crippen molar-refractivity contribution in [3.8, 4) is 0 Å². The van der Waals surface area contributed by atoms with Crippen molar-refractivity contribution in [2.24, 2.45) is 0 Å². The molecule has 0 aliphatic carbocycles. The number of para-hydroxylation sites is 1. The van der Waals surface area contributed by atoms with Crippen LogP contribution >= 0.6 is 0 Å². The van der Waals surface area contributed by atoms with E-state index < -0.39 is 0 Å². The molecule has 3 rings (SSSR count). The van der Waals surface area contributed by atoms with Gasteiger partial charge in [0.15, 0.2) is 5.43 Å². The van der Waals surface area contributed by atoms with Crippen molar-refractivity contribution in [2.45, 2.75) is 39.2 Å². The fourth-order valence-electron chi connectivity index (χ4n) is 3.08. The Bertz CT molecular complexity index is 877. The molecule has 114 valence electrons. The zero-order valence-corrected chi connectivity index (χ0v) is 13.4. The average Bonchev–Trinajstić information content (AvgIpc) is 2.46. The van der Waals surface area contributed by atoms with E-state index in [0.29, 0.717) is 0 Å². The molecule has 2 N–H and O–H groups in total. The van der Waals surface area contributed by atoms with Crippen molar-refractivity contribution in [2.75, 3.05) is 5.32 Å². The third-order valence-electron chi connectivity index (χ3n) is 4.06. The van der Waals surface area contributed by atoms with Crippen molar-refractivity contribution in [1.29, 1.82) is 0 Å². The van der Waals surface area contributed by atoms with Crippen LogP contribution in [0.5, 0.6) is 0 Å². The molecule has 0 saturated carbocycles. The molecule has 22 heavy (non-hydrogen) atoms. The largest absolute Gasteiger partial charge is 0.380 e. The fourth-order valence-corrected chi connectivity index (χ4v) is 3.08. The minimum absolute atomic E-state index is 0.0412. The summed E-state index contributed by atoms with van der Waals surface area (Å²) in [6.07, 6.45) is 2.23. The molecule has 3 aromatic rings. The Morgan fingerprint density at radius 3 is 2.55 bits per heavy atom. The molecule has 0 spiro atoms. The molecule has 0 atom stereocenters. The van der Waals surface area contributed by atoms with E-state index in [9.17, 15) is 4.79 Å². The first-order valence-electron chi connectivity index (χ1n) is 7.83. The summed E-state index contributed by atoms with van der Waals surface area (Å²) in [5.74, 6) is 0. The number of fused-ring (bicyclic) bond motifs is 2. The van der Waals surface area contributed by atoms with Gasteiger partial charge in [0.2, 0.25) is 0 Å². The highest BCUT2D eigenvalue weighted by Crippen LogP contribution is 2.23. The third kappa shape index (κ3) is 2.71. The lowest BCUT2D eigenvalue weighted by molar-refractivity contribution is 0.511. The number of hydrogen-bond donors (Lipinski definition) is 2. The summed E-state index contributed by atoms with van der Waals surface area (Å²) >= 11 is 0. The minimum atomic E-state index is 0.0412. The van der Waals surface area contributed by atoms with E-state index in [4.69, 9.17) is 0 Å². The quantitative estimate of drug-likeness (QED) is 0.687. The highest BCUT2D eigenvalue weighted by atomic mass is 16.1. The fraction of sp³-hybridized carbons (Fsp3) is 0.316. The normalized spacial score (nSPS) is 12.0. The average molecular weight is 294 g/mol. The zero-order valence-electron chi connectivity index (χ0n) is 13.4. The van der Waals surface area contributed by atoms with Crippen LogP contribution in [0.25, 0.3) is 21.8 Å². The Morgan fingerprint density at radius 2 is 1.77 bits per heavy atom. The standard InChI is InChI=1S/C19H22N2O/c1-4-11-19(2,3)21-13-9-10-15-17(12-13)20-16-8-6-5-7-14(16)18(15)22/h5-10,12,21H,4,11H2,1-3H3,(H,20,22). The summed E-state index contributed by atoms with van der Waals surface area (Å²) in [6, 6.07) is 13.6. The molecule has 1 heterocycles. The lowest BCUT2D eigenvalue weighted by atomic mass is 9.98. The van der Waals surface area contributed by atoms with E-state index in [0.717, 1.165) is 40.3 Å². The van der Waals surface area contributed by atoms with Crippen LogP contribution in [-0.4, -0.2) is 10.5 Å². The number of H-pyrrole nitrogens is 1. The molecule has 0 bridgehead atoms. The molecular formula is C19H22N2O. The summed E-state index contributed by atoms with van der Waals surface area (Å²) in [7, 11) is 0.